The first-order valence-corrected chi connectivity index (χ1v) is 7.74. The Labute approximate surface area is 148 Å². The summed E-state index contributed by atoms with van der Waals surface area (Å²) in [5, 5.41) is 9.86. The van der Waals surface area contributed by atoms with Crippen LogP contribution in [0.25, 0.3) is 0 Å². The lowest BCUT2D eigenvalue weighted by atomic mass is 10.0. The number of hydrogen-bond acceptors (Lipinski definition) is 5. The maximum absolute atomic E-state index is 12.1. The zero-order valence-electron chi connectivity index (χ0n) is 13.6. The lowest BCUT2D eigenvalue weighted by Crippen LogP contribution is -2.17. The third kappa shape index (κ3) is 4.00. The molecule has 2 N–H and O–H groups in total. The molecule has 0 aliphatic rings. The number of carbonyl (C=O) groups is 3. The second-order valence-corrected chi connectivity index (χ2v) is 5.49. The Bertz CT molecular complexity index is 827. The number of benzene rings is 1. The number of Topliss-reactive ketones (excluding diaryl/α,β-unsaturated/α-hetero) is 1. The Morgan fingerprint density at radius 3 is 2.48 bits per heavy atom. The summed E-state index contributed by atoms with van der Waals surface area (Å²) in [6.45, 7) is 1.64. The van der Waals surface area contributed by atoms with Gasteiger partial charge in [0.1, 0.15) is 18.1 Å². The van der Waals surface area contributed by atoms with Crippen LogP contribution < -0.4 is 4.74 Å². The van der Waals surface area contributed by atoms with E-state index in [9.17, 15) is 19.5 Å². The van der Waals surface area contributed by atoms with Gasteiger partial charge in [-0.1, -0.05) is 24.6 Å². The first kappa shape index (κ1) is 18.5. The van der Waals surface area contributed by atoms with Gasteiger partial charge in [0.25, 0.3) is 5.78 Å². The number of hydrogen-bond donors (Lipinski definition) is 2. The second-order valence-electron chi connectivity index (χ2n) is 5.06. The molecule has 0 saturated carbocycles. The molecule has 0 aliphatic heterocycles. The van der Waals surface area contributed by atoms with Gasteiger partial charge in [-0.25, -0.2) is 9.59 Å². The maximum atomic E-state index is 12.1. The number of halogens is 1. The summed E-state index contributed by atoms with van der Waals surface area (Å²) >= 11 is 5.89. The summed E-state index contributed by atoms with van der Waals surface area (Å²) in [5.74, 6) is -2.82. The van der Waals surface area contributed by atoms with Gasteiger partial charge in [0, 0.05) is 10.6 Å². The van der Waals surface area contributed by atoms with Crippen LogP contribution in [-0.4, -0.2) is 34.9 Å². The average molecular weight is 366 g/mol. The zero-order chi connectivity index (χ0) is 18.6. The molecule has 2 rings (SSSR count). The molecule has 0 saturated heterocycles. The highest BCUT2D eigenvalue weighted by atomic mass is 35.5. The summed E-state index contributed by atoms with van der Waals surface area (Å²) in [6.07, 6.45) is 0.329. The van der Waals surface area contributed by atoms with Gasteiger partial charge in [-0.2, -0.15) is 0 Å². The largest absolute Gasteiger partial charge is 0.489 e. The van der Waals surface area contributed by atoms with E-state index in [1.165, 1.54) is 0 Å². The van der Waals surface area contributed by atoms with Crippen molar-refractivity contribution in [2.24, 2.45) is 0 Å². The lowest BCUT2D eigenvalue weighted by molar-refractivity contribution is -0.135. The van der Waals surface area contributed by atoms with Crippen LogP contribution in [0, 0.1) is 0 Å². The van der Waals surface area contributed by atoms with E-state index >= 15 is 0 Å². The number of esters is 1. The Hall–Kier alpha value is -2.80. The van der Waals surface area contributed by atoms with Gasteiger partial charge in [0.05, 0.1) is 12.8 Å². The summed E-state index contributed by atoms with van der Waals surface area (Å²) in [6, 6.07) is 6.63. The van der Waals surface area contributed by atoms with Crippen LogP contribution in [0.4, 0.5) is 0 Å². The van der Waals surface area contributed by atoms with Crippen LogP contribution in [0.2, 0.25) is 5.02 Å². The molecular weight excluding hydrogens is 350 g/mol. The molecule has 2 aromatic rings. The Balaban J connectivity index is 2.41. The average Bonchev–Trinajstić information content (AvgIpc) is 2.97. The monoisotopic (exact) mass is 365 g/mol. The number of carboxylic acids is 1. The van der Waals surface area contributed by atoms with Crippen LogP contribution >= 0.6 is 11.6 Å². The Kier molecular flexibility index (Phi) is 5.82. The standard InChI is InChI=1S/C17H16ClNO6/c1-3-11-12(8-25-10-6-4-5-9(18)7-10)14(16(21)22)19-13(11)15(20)17(23)24-2/h4-7,19H,3,8H2,1-2H3,(H,21,22). The quantitative estimate of drug-likeness (QED) is 0.444. The Morgan fingerprint density at radius 1 is 1.20 bits per heavy atom. The van der Waals surface area contributed by atoms with Crippen molar-refractivity contribution in [1.82, 2.24) is 4.98 Å². The number of methoxy groups -OCH3 is 1. The normalized spacial score (nSPS) is 10.4. The van der Waals surface area contributed by atoms with Crippen molar-refractivity contribution < 1.29 is 29.0 Å². The predicted octanol–water partition coefficient (Wildman–Crippen LogP) is 2.86. The van der Waals surface area contributed by atoms with E-state index in [4.69, 9.17) is 16.3 Å². The predicted molar refractivity (Wildman–Crippen MR) is 89.3 cm³/mol. The van der Waals surface area contributed by atoms with Gasteiger partial charge in [-0.15, -0.1) is 0 Å². The van der Waals surface area contributed by atoms with E-state index in [-0.39, 0.29) is 18.0 Å². The minimum Gasteiger partial charge on any atom is -0.489 e. The molecule has 0 atom stereocenters. The SMILES string of the molecule is CCc1c(C(=O)C(=O)OC)[nH]c(C(=O)O)c1COc1cccc(Cl)c1. The number of ketones is 1. The van der Waals surface area contributed by atoms with Crippen molar-refractivity contribution in [2.45, 2.75) is 20.0 Å². The van der Waals surface area contributed by atoms with E-state index in [1.54, 1.807) is 31.2 Å². The number of carbonyl (C=O) groups excluding carboxylic acids is 2. The van der Waals surface area contributed by atoms with Crippen LogP contribution in [-0.2, 0) is 22.6 Å². The Morgan fingerprint density at radius 2 is 1.92 bits per heavy atom. The minimum absolute atomic E-state index is 0.101. The summed E-state index contributed by atoms with van der Waals surface area (Å²) in [7, 11) is 1.08. The van der Waals surface area contributed by atoms with Gasteiger partial charge >= 0.3 is 11.9 Å². The summed E-state index contributed by atoms with van der Waals surface area (Å²) in [5.41, 5.74) is 0.389. The fraction of sp³-hybridized carbons (Fsp3) is 0.235. The van der Waals surface area contributed by atoms with Crippen molar-refractivity contribution >= 4 is 29.3 Å². The molecule has 0 amide bonds. The number of carboxylic acid groups (broad SMARTS) is 1. The first-order valence-electron chi connectivity index (χ1n) is 7.37. The highest BCUT2D eigenvalue weighted by molar-refractivity contribution is 6.40. The number of aromatic amines is 1. The molecule has 1 aromatic heterocycles. The molecular formula is C17H16ClNO6. The van der Waals surface area contributed by atoms with Crippen LogP contribution in [0.5, 0.6) is 5.75 Å². The third-order valence-corrected chi connectivity index (χ3v) is 3.80. The molecule has 25 heavy (non-hydrogen) atoms. The number of H-pyrrole nitrogens is 1. The van der Waals surface area contributed by atoms with E-state index in [0.29, 0.717) is 28.3 Å². The highest BCUT2D eigenvalue weighted by Gasteiger charge is 2.28. The molecule has 0 spiro atoms. The maximum Gasteiger partial charge on any atom is 0.381 e. The van der Waals surface area contributed by atoms with Crippen molar-refractivity contribution in [3.05, 3.63) is 51.8 Å². The van der Waals surface area contributed by atoms with E-state index < -0.39 is 17.7 Å². The van der Waals surface area contributed by atoms with Gasteiger partial charge in [0.2, 0.25) is 0 Å². The molecule has 1 aromatic carbocycles. The van der Waals surface area contributed by atoms with Crippen molar-refractivity contribution in [3.8, 4) is 5.75 Å². The van der Waals surface area contributed by atoms with E-state index in [0.717, 1.165) is 7.11 Å². The van der Waals surface area contributed by atoms with Crippen molar-refractivity contribution in [1.29, 1.82) is 0 Å². The molecule has 132 valence electrons. The zero-order valence-corrected chi connectivity index (χ0v) is 14.3. The number of aromatic nitrogens is 1. The highest BCUT2D eigenvalue weighted by Crippen LogP contribution is 2.24. The number of aromatic carboxylic acids is 1. The smallest absolute Gasteiger partial charge is 0.381 e. The first-order chi connectivity index (χ1) is 11.9. The second kappa shape index (κ2) is 7.85. The van der Waals surface area contributed by atoms with Crippen LogP contribution in [0.1, 0.15) is 39.0 Å². The van der Waals surface area contributed by atoms with Crippen LogP contribution in [0.3, 0.4) is 0 Å². The fourth-order valence-corrected chi connectivity index (χ4v) is 2.59. The van der Waals surface area contributed by atoms with Crippen molar-refractivity contribution in [3.63, 3.8) is 0 Å². The van der Waals surface area contributed by atoms with Gasteiger partial charge in [-0.3, -0.25) is 4.79 Å². The minimum atomic E-state index is -1.26. The molecule has 0 radical (unpaired) electrons. The van der Waals surface area contributed by atoms with Gasteiger partial charge < -0.3 is 19.6 Å². The number of ether oxygens (including phenoxy) is 2. The number of rotatable bonds is 7. The topological polar surface area (TPSA) is 106 Å². The summed E-state index contributed by atoms with van der Waals surface area (Å²) in [4.78, 5) is 37.6. The molecule has 0 aliphatic carbocycles. The molecule has 0 bridgehead atoms. The molecule has 8 heteroatoms. The molecule has 0 fully saturated rings. The van der Waals surface area contributed by atoms with Gasteiger partial charge in [-0.05, 0) is 30.2 Å². The molecule has 7 nitrogen and oxygen atoms in total. The van der Waals surface area contributed by atoms with Gasteiger partial charge in [0.15, 0.2) is 0 Å². The van der Waals surface area contributed by atoms with Crippen molar-refractivity contribution in [2.75, 3.05) is 7.11 Å². The molecule has 1 heterocycles. The summed E-state index contributed by atoms with van der Waals surface area (Å²) < 4.78 is 10.0. The van der Waals surface area contributed by atoms with Crippen LogP contribution in [0.15, 0.2) is 24.3 Å². The van der Waals surface area contributed by atoms with E-state index in [1.807, 2.05) is 0 Å². The fourth-order valence-electron chi connectivity index (χ4n) is 2.41. The molecule has 0 unspecified atom stereocenters. The lowest BCUT2D eigenvalue weighted by Gasteiger charge is -2.08. The van der Waals surface area contributed by atoms with E-state index in [2.05, 4.69) is 9.72 Å². The number of nitrogens with one attached hydrogen (secondary N) is 1. The third-order valence-electron chi connectivity index (χ3n) is 3.56.